The fourth-order valence-corrected chi connectivity index (χ4v) is 1.62. The molecule has 1 aromatic heterocycles. The Morgan fingerprint density at radius 3 is 2.77 bits per heavy atom. The minimum atomic E-state index is -0.561. The third-order valence-corrected chi connectivity index (χ3v) is 2.72. The average molecular weight is 347 g/mol. The Morgan fingerprint density at radius 2 is 2.14 bits per heavy atom. The number of carbonyl (C=O) groups is 1. The molecule has 0 saturated heterocycles. The molecule has 6 nitrogen and oxygen atoms in total. The smallest absolute Gasteiger partial charge is 0.241 e. The highest BCUT2D eigenvalue weighted by Crippen LogP contribution is 2.23. The topological polar surface area (TPSA) is 82.2 Å². The number of anilines is 1. The first-order chi connectivity index (χ1) is 9.66. The summed E-state index contributed by atoms with van der Waals surface area (Å²) in [5.41, 5.74) is 6.16. The summed E-state index contributed by atoms with van der Waals surface area (Å²) in [6.45, 7) is 2.81. The van der Waals surface area contributed by atoms with E-state index in [2.05, 4.69) is 10.3 Å². The third-order valence-electron chi connectivity index (χ3n) is 2.72. The van der Waals surface area contributed by atoms with Crippen LogP contribution in [0, 0.1) is 0 Å². The number of hydrogen-bond donors (Lipinski definition) is 2. The zero-order valence-corrected chi connectivity index (χ0v) is 13.8. The molecule has 0 spiro atoms. The molecule has 8 heteroatoms. The van der Waals surface area contributed by atoms with Crippen LogP contribution in [0.2, 0.25) is 0 Å². The summed E-state index contributed by atoms with van der Waals surface area (Å²) >= 11 is 0. The van der Waals surface area contributed by atoms with Crippen molar-refractivity contribution in [2.75, 3.05) is 11.9 Å². The SMILES string of the molecule is CC(N)C(=O)Nc1ccccc1OCCn1ccnc1.Cl.Cl. The molecule has 1 unspecified atom stereocenters. The zero-order valence-electron chi connectivity index (χ0n) is 12.1. The molecular weight excluding hydrogens is 327 g/mol. The second kappa shape index (κ2) is 10.0. The third kappa shape index (κ3) is 5.93. The van der Waals surface area contributed by atoms with E-state index in [1.165, 1.54) is 0 Å². The number of aromatic nitrogens is 2. The summed E-state index contributed by atoms with van der Waals surface area (Å²) in [5.74, 6) is 0.386. The van der Waals surface area contributed by atoms with Crippen LogP contribution in [-0.2, 0) is 11.3 Å². The molecule has 22 heavy (non-hydrogen) atoms. The van der Waals surface area contributed by atoms with Gasteiger partial charge in [-0.3, -0.25) is 4.79 Å². The van der Waals surface area contributed by atoms with Gasteiger partial charge in [-0.05, 0) is 19.1 Å². The molecule has 2 rings (SSSR count). The number of nitrogens with one attached hydrogen (secondary N) is 1. The van der Waals surface area contributed by atoms with Crippen LogP contribution in [-0.4, -0.2) is 28.1 Å². The highest BCUT2D eigenvalue weighted by Gasteiger charge is 2.10. The maximum absolute atomic E-state index is 11.6. The number of carbonyl (C=O) groups excluding carboxylic acids is 1. The lowest BCUT2D eigenvalue weighted by Gasteiger charge is -2.13. The van der Waals surface area contributed by atoms with Crippen LogP contribution in [0.5, 0.6) is 5.75 Å². The Kier molecular flexibility index (Phi) is 9.24. The molecule has 1 atom stereocenters. The van der Waals surface area contributed by atoms with Crippen molar-refractivity contribution in [2.45, 2.75) is 19.5 Å². The van der Waals surface area contributed by atoms with Gasteiger partial charge in [-0.2, -0.15) is 0 Å². The fraction of sp³-hybridized carbons (Fsp3) is 0.286. The van der Waals surface area contributed by atoms with Gasteiger partial charge in [-0.15, -0.1) is 24.8 Å². The fourth-order valence-electron chi connectivity index (χ4n) is 1.62. The van der Waals surface area contributed by atoms with Crippen LogP contribution >= 0.6 is 24.8 Å². The predicted octanol–water partition coefficient (Wildman–Crippen LogP) is 2.09. The molecule has 0 fully saturated rings. The minimum Gasteiger partial charge on any atom is -0.490 e. The lowest BCUT2D eigenvalue weighted by atomic mass is 10.2. The molecule has 0 radical (unpaired) electrons. The number of nitrogens with zero attached hydrogens (tertiary/aromatic N) is 2. The van der Waals surface area contributed by atoms with E-state index in [1.54, 1.807) is 25.5 Å². The van der Waals surface area contributed by atoms with Crippen LogP contribution in [0.25, 0.3) is 0 Å². The van der Waals surface area contributed by atoms with Crippen molar-refractivity contribution in [1.29, 1.82) is 0 Å². The van der Waals surface area contributed by atoms with E-state index < -0.39 is 6.04 Å². The van der Waals surface area contributed by atoms with Gasteiger partial charge in [0.05, 0.1) is 24.6 Å². The molecule has 0 bridgehead atoms. The van der Waals surface area contributed by atoms with Crippen molar-refractivity contribution in [1.82, 2.24) is 9.55 Å². The number of imidazole rings is 1. The number of rotatable bonds is 6. The van der Waals surface area contributed by atoms with E-state index >= 15 is 0 Å². The molecule has 0 aliphatic carbocycles. The van der Waals surface area contributed by atoms with Gasteiger partial charge in [0, 0.05) is 12.4 Å². The van der Waals surface area contributed by atoms with Crippen LogP contribution in [0.3, 0.4) is 0 Å². The lowest BCUT2D eigenvalue weighted by Crippen LogP contribution is -2.32. The summed E-state index contributed by atoms with van der Waals surface area (Å²) in [4.78, 5) is 15.6. The maximum Gasteiger partial charge on any atom is 0.241 e. The van der Waals surface area contributed by atoms with E-state index in [1.807, 2.05) is 29.0 Å². The Labute approximate surface area is 141 Å². The van der Waals surface area contributed by atoms with Crippen LogP contribution in [0.1, 0.15) is 6.92 Å². The van der Waals surface area contributed by atoms with Gasteiger partial charge in [0.2, 0.25) is 5.91 Å². The Bertz CT molecular complexity index is 562. The molecule has 2 aromatic rings. The van der Waals surface area contributed by atoms with Gasteiger partial charge in [-0.1, -0.05) is 12.1 Å². The number of ether oxygens (including phenoxy) is 1. The first-order valence-electron chi connectivity index (χ1n) is 6.41. The van der Waals surface area contributed by atoms with Gasteiger partial charge < -0.3 is 20.4 Å². The monoisotopic (exact) mass is 346 g/mol. The predicted molar refractivity (Wildman–Crippen MR) is 90.9 cm³/mol. The van der Waals surface area contributed by atoms with Crippen molar-refractivity contribution in [3.8, 4) is 5.75 Å². The Morgan fingerprint density at radius 1 is 1.41 bits per heavy atom. The molecule has 3 N–H and O–H groups in total. The highest BCUT2D eigenvalue weighted by molar-refractivity contribution is 5.95. The molecule has 0 aliphatic heterocycles. The van der Waals surface area contributed by atoms with Gasteiger partial charge in [0.1, 0.15) is 12.4 Å². The maximum atomic E-state index is 11.6. The number of para-hydroxylation sites is 2. The normalized spacial score (nSPS) is 10.8. The first kappa shape index (κ1) is 20.2. The standard InChI is InChI=1S/C14H18N4O2.2ClH/c1-11(15)14(19)17-12-4-2-3-5-13(12)20-9-8-18-7-6-16-10-18;;/h2-7,10-11H,8-9,15H2,1H3,(H,17,19);2*1H. The second-order valence-electron chi connectivity index (χ2n) is 4.42. The van der Waals surface area contributed by atoms with Gasteiger partial charge >= 0.3 is 0 Å². The average Bonchev–Trinajstić information content (AvgIpc) is 2.93. The molecule has 1 heterocycles. The van der Waals surface area contributed by atoms with Gasteiger partial charge in [0.25, 0.3) is 0 Å². The Balaban J connectivity index is 0.00000220. The zero-order chi connectivity index (χ0) is 14.4. The number of benzene rings is 1. The lowest BCUT2D eigenvalue weighted by molar-refractivity contribution is -0.117. The minimum absolute atomic E-state index is 0. The number of nitrogens with two attached hydrogens (primary N) is 1. The Hall–Kier alpha value is -1.76. The van der Waals surface area contributed by atoms with Crippen molar-refractivity contribution in [2.24, 2.45) is 5.73 Å². The molecular formula is C14H20Cl2N4O2. The van der Waals surface area contributed by atoms with Crippen molar-refractivity contribution in [3.05, 3.63) is 43.0 Å². The van der Waals surface area contributed by atoms with Crippen LogP contribution in [0.15, 0.2) is 43.0 Å². The quantitative estimate of drug-likeness (QED) is 0.838. The van der Waals surface area contributed by atoms with E-state index in [0.717, 1.165) is 0 Å². The molecule has 1 aromatic carbocycles. The van der Waals surface area contributed by atoms with Crippen LogP contribution < -0.4 is 15.8 Å². The van der Waals surface area contributed by atoms with Gasteiger partial charge in [0.15, 0.2) is 0 Å². The highest BCUT2D eigenvalue weighted by atomic mass is 35.5. The summed E-state index contributed by atoms with van der Waals surface area (Å²) in [7, 11) is 0. The number of amides is 1. The second-order valence-corrected chi connectivity index (χ2v) is 4.42. The van der Waals surface area contributed by atoms with Crippen molar-refractivity contribution >= 4 is 36.4 Å². The summed E-state index contributed by atoms with van der Waals surface area (Å²) in [6, 6.07) is 6.72. The van der Waals surface area contributed by atoms with E-state index in [9.17, 15) is 4.79 Å². The summed E-state index contributed by atoms with van der Waals surface area (Å²) < 4.78 is 7.61. The van der Waals surface area contributed by atoms with E-state index in [0.29, 0.717) is 24.6 Å². The first-order valence-corrected chi connectivity index (χ1v) is 6.41. The van der Waals surface area contributed by atoms with E-state index in [-0.39, 0.29) is 30.7 Å². The van der Waals surface area contributed by atoms with E-state index in [4.69, 9.17) is 10.5 Å². The van der Waals surface area contributed by atoms with Crippen molar-refractivity contribution in [3.63, 3.8) is 0 Å². The van der Waals surface area contributed by atoms with Gasteiger partial charge in [-0.25, -0.2) is 4.98 Å². The van der Waals surface area contributed by atoms with Crippen LogP contribution in [0.4, 0.5) is 5.69 Å². The molecule has 1 amide bonds. The summed E-state index contributed by atoms with van der Waals surface area (Å²) in [5, 5.41) is 2.75. The molecule has 122 valence electrons. The van der Waals surface area contributed by atoms with Crippen molar-refractivity contribution < 1.29 is 9.53 Å². The molecule has 0 saturated carbocycles. The number of hydrogen-bond acceptors (Lipinski definition) is 4. The summed E-state index contributed by atoms with van der Waals surface area (Å²) in [6.07, 6.45) is 5.32. The molecule has 0 aliphatic rings. The number of halogens is 2. The largest absolute Gasteiger partial charge is 0.490 e.